The molecule has 5 rings (SSSR count). The van der Waals surface area contributed by atoms with Crippen LogP contribution >= 0.6 is 0 Å². The summed E-state index contributed by atoms with van der Waals surface area (Å²) in [5.41, 5.74) is 4.70. The molecule has 0 aromatic rings. The van der Waals surface area contributed by atoms with Crippen molar-refractivity contribution in [3.8, 4) is 0 Å². The van der Waals surface area contributed by atoms with Gasteiger partial charge in [0.25, 0.3) is 0 Å². The third-order valence-electron chi connectivity index (χ3n) is 10.9. The van der Waals surface area contributed by atoms with Gasteiger partial charge < -0.3 is 5.11 Å². The fourth-order valence-electron chi connectivity index (χ4n) is 9.11. The van der Waals surface area contributed by atoms with Crippen molar-refractivity contribution < 1.29 is 5.11 Å². The van der Waals surface area contributed by atoms with Crippen LogP contribution in [-0.4, -0.2) is 11.2 Å². The zero-order chi connectivity index (χ0) is 20.6. The van der Waals surface area contributed by atoms with Crippen molar-refractivity contribution in [2.75, 3.05) is 0 Å². The summed E-state index contributed by atoms with van der Waals surface area (Å²) in [6.07, 6.45) is 17.0. The second kappa shape index (κ2) is 6.98. The molecular weight excluding hydrogens is 352 g/mol. The average molecular weight is 397 g/mol. The van der Waals surface area contributed by atoms with Gasteiger partial charge in [-0.25, -0.2) is 0 Å². The summed E-state index contributed by atoms with van der Waals surface area (Å²) in [7, 11) is 0. The summed E-state index contributed by atoms with van der Waals surface area (Å²) in [5.74, 6) is 5.76. The van der Waals surface area contributed by atoms with Crippen LogP contribution in [0.15, 0.2) is 23.3 Å². The van der Waals surface area contributed by atoms with Gasteiger partial charge in [-0.1, -0.05) is 64.3 Å². The number of allylic oxidation sites excluding steroid dienone is 3. The Morgan fingerprint density at radius 2 is 1.79 bits per heavy atom. The summed E-state index contributed by atoms with van der Waals surface area (Å²) in [6, 6.07) is 0. The molecule has 5 aliphatic carbocycles. The minimum atomic E-state index is -0.0513. The van der Waals surface area contributed by atoms with E-state index >= 15 is 0 Å². The maximum atomic E-state index is 10.3. The van der Waals surface area contributed by atoms with Crippen molar-refractivity contribution in [3.63, 3.8) is 0 Å². The fourth-order valence-corrected chi connectivity index (χ4v) is 9.11. The predicted octanol–water partition coefficient (Wildman–Crippen LogP) is 7.16. The van der Waals surface area contributed by atoms with E-state index in [2.05, 4.69) is 46.8 Å². The molecule has 0 aromatic carbocycles. The Hall–Kier alpha value is -0.560. The molecule has 0 amide bonds. The Kier molecular flexibility index (Phi) is 4.89. The largest absolute Gasteiger partial charge is 0.393 e. The highest BCUT2D eigenvalue weighted by Crippen LogP contribution is 2.82. The van der Waals surface area contributed by atoms with E-state index in [0.29, 0.717) is 22.7 Å². The van der Waals surface area contributed by atoms with Gasteiger partial charge in [0.1, 0.15) is 0 Å². The number of hydrogen-bond donors (Lipinski definition) is 1. The molecule has 0 bridgehead atoms. The highest BCUT2D eigenvalue weighted by Gasteiger charge is 2.75. The first kappa shape index (κ1) is 20.3. The van der Waals surface area contributed by atoms with E-state index < -0.39 is 0 Å². The number of hydrogen-bond acceptors (Lipinski definition) is 1. The van der Waals surface area contributed by atoms with Crippen LogP contribution in [0, 0.1) is 52.3 Å². The van der Waals surface area contributed by atoms with E-state index in [1.807, 2.05) is 0 Å². The number of rotatable bonds is 4. The third kappa shape index (κ3) is 2.89. The van der Waals surface area contributed by atoms with Gasteiger partial charge in [-0.2, -0.15) is 0 Å². The number of aliphatic hydroxyl groups is 1. The Labute approximate surface area is 179 Å². The van der Waals surface area contributed by atoms with E-state index in [4.69, 9.17) is 0 Å². The van der Waals surface area contributed by atoms with Gasteiger partial charge in [-0.15, -0.1) is 0 Å². The van der Waals surface area contributed by atoms with Gasteiger partial charge in [-0.05, 0) is 104 Å². The number of aliphatic hydroxyl groups excluding tert-OH is 1. The van der Waals surface area contributed by atoms with Crippen molar-refractivity contribution in [1.82, 2.24) is 0 Å². The standard InChI is InChI=1S/C28H44O/c1-17(2)18(3)7-8-19(4)23-11-12-25-27(23,5)13-6-14-28(25)24-15-20-9-10-21(29)16-22(20)26(24)28/h7-8,17-19,21,23-26,29H,6,9-16H2,1-5H3/b8-7+/t18-,19+,21+,23+,24?,25?,26?,27?,28?/m0/s1. The highest BCUT2D eigenvalue weighted by molar-refractivity contribution is 5.42. The molecular formula is C28H44O. The molecule has 0 radical (unpaired) electrons. The summed E-state index contributed by atoms with van der Waals surface area (Å²) in [5, 5.41) is 10.3. The van der Waals surface area contributed by atoms with Gasteiger partial charge in [0, 0.05) is 0 Å². The van der Waals surface area contributed by atoms with Gasteiger partial charge in [-0.3, -0.25) is 0 Å². The molecule has 5 aliphatic rings. The SMILES string of the molecule is CC(C)[C@@H](C)/C=C/[C@@H](C)[C@H]1CCC2C3(CCCC21C)C1CC2=C(C[C@H](O)CC2)C13. The van der Waals surface area contributed by atoms with Gasteiger partial charge >= 0.3 is 0 Å². The first-order valence-electron chi connectivity index (χ1n) is 12.9. The van der Waals surface area contributed by atoms with E-state index in [0.717, 1.165) is 42.4 Å². The van der Waals surface area contributed by atoms with E-state index in [-0.39, 0.29) is 6.10 Å². The molecule has 1 heteroatoms. The first-order valence-corrected chi connectivity index (χ1v) is 12.9. The molecule has 1 spiro atoms. The summed E-state index contributed by atoms with van der Waals surface area (Å²) in [4.78, 5) is 0. The first-order chi connectivity index (χ1) is 13.8. The van der Waals surface area contributed by atoms with Crippen LogP contribution < -0.4 is 0 Å². The summed E-state index contributed by atoms with van der Waals surface area (Å²) >= 11 is 0. The second-order valence-corrected chi connectivity index (χ2v) is 12.4. The zero-order valence-corrected chi connectivity index (χ0v) is 19.6. The van der Waals surface area contributed by atoms with E-state index in [1.54, 1.807) is 11.1 Å². The van der Waals surface area contributed by atoms with Crippen LogP contribution in [0.5, 0.6) is 0 Å². The van der Waals surface area contributed by atoms with Crippen LogP contribution in [0.25, 0.3) is 0 Å². The number of fused-ring (bicyclic) bond motifs is 6. The third-order valence-corrected chi connectivity index (χ3v) is 10.9. The molecule has 0 heterocycles. The Morgan fingerprint density at radius 1 is 1.00 bits per heavy atom. The Balaban J connectivity index is 1.36. The topological polar surface area (TPSA) is 20.2 Å². The predicted molar refractivity (Wildman–Crippen MR) is 121 cm³/mol. The van der Waals surface area contributed by atoms with Gasteiger partial charge in [0.2, 0.25) is 0 Å². The zero-order valence-electron chi connectivity index (χ0n) is 19.6. The normalized spacial score (nSPS) is 48.2. The van der Waals surface area contributed by atoms with E-state index in [9.17, 15) is 5.11 Å². The molecule has 1 N–H and O–H groups in total. The minimum absolute atomic E-state index is 0.0513. The lowest BCUT2D eigenvalue weighted by atomic mass is 9.56. The smallest absolute Gasteiger partial charge is 0.0580 e. The Bertz CT molecular complexity index is 716. The Morgan fingerprint density at radius 3 is 2.55 bits per heavy atom. The average Bonchev–Trinajstić information content (AvgIpc) is 2.97. The van der Waals surface area contributed by atoms with Crippen LogP contribution in [0.1, 0.15) is 92.4 Å². The fraction of sp³-hybridized carbons (Fsp3) is 0.857. The molecule has 29 heavy (non-hydrogen) atoms. The quantitative estimate of drug-likeness (QED) is 0.500. The summed E-state index contributed by atoms with van der Waals surface area (Å²) in [6.45, 7) is 12.3. The molecule has 3 fully saturated rings. The van der Waals surface area contributed by atoms with Crippen molar-refractivity contribution in [3.05, 3.63) is 23.3 Å². The lowest BCUT2D eigenvalue weighted by Gasteiger charge is -2.49. The monoisotopic (exact) mass is 396 g/mol. The van der Waals surface area contributed by atoms with Gasteiger partial charge in [0.15, 0.2) is 0 Å². The summed E-state index contributed by atoms with van der Waals surface area (Å²) < 4.78 is 0. The second-order valence-electron chi connectivity index (χ2n) is 12.4. The molecule has 0 aliphatic heterocycles. The van der Waals surface area contributed by atoms with Crippen molar-refractivity contribution in [2.45, 2.75) is 98.5 Å². The molecule has 3 saturated carbocycles. The maximum Gasteiger partial charge on any atom is 0.0580 e. The van der Waals surface area contributed by atoms with E-state index in [1.165, 1.54) is 44.9 Å². The lowest BCUT2D eigenvalue weighted by Crippen LogP contribution is -2.41. The van der Waals surface area contributed by atoms with Crippen LogP contribution in [0.3, 0.4) is 0 Å². The maximum absolute atomic E-state index is 10.3. The van der Waals surface area contributed by atoms with Crippen molar-refractivity contribution in [1.29, 1.82) is 0 Å². The molecule has 5 unspecified atom stereocenters. The van der Waals surface area contributed by atoms with Gasteiger partial charge in [0.05, 0.1) is 6.10 Å². The van der Waals surface area contributed by atoms with Crippen molar-refractivity contribution in [2.24, 2.45) is 52.3 Å². The molecule has 9 atom stereocenters. The molecule has 162 valence electrons. The molecule has 0 aromatic heterocycles. The van der Waals surface area contributed by atoms with Crippen LogP contribution in [0.4, 0.5) is 0 Å². The lowest BCUT2D eigenvalue weighted by molar-refractivity contribution is 0.0117. The highest BCUT2D eigenvalue weighted by atomic mass is 16.3. The van der Waals surface area contributed by atoms with Crippen LogP contribution in [0.2, 0.25) is 0 Å². The molecule has 0 saturated heterocycles. The molecule has 1 nitrogen and oxygen atoms in total. The minimum Gasteiger partial charge on any atom is -0.393 e. The van der Waals surface area contributed by atoms with Crippen molar-refractivity contribution >= 4 is 0 Å². The van der Waals surface area contributed by atoms with Crippen LogP contribution in [-0.2, 0) is 0 Å².